The Morgan fingerprint density at radius 3 is 2.52 bits per heavy atom. The second kappa shape index (κ2) is 5.31. The minimum atomic E-state index is -4.51. The summed E-state index contributed by atoms with van der Waals surface area (Å²) in [6, 6.07) is 6.12. The average Bonchev–Trinajstić information content (AvgIpc) is 2.40. The average molecular weight is 296 g/mol. The molecular formula is C13H11F3N4O. The third-order valence-corrected chi connectivity index (χ3v) is 2.70. The number of nitrogens with zero attached hydrogens (tertiary/aromatic N) is 1. The molecule has 0 saturated carbocycles. The van der Waals surface area contributed by atoms with Gasteiger partial charge in [-0.3, -0.25) is 4.79 Å². The summed E-state index contributed by atoms with van der Waals surface area (Å²) in [4.78, 5) is 15.0. The van der Waals surface area contributed by atoms with Gasteiger partial charge in [-0.05, 0) is 18.2 Å². The monoisotopic (exact) mass is 296 g/mol. The molecule has 1 aromatic heterocycles. The van der Waals surface area contributed by atoms with E-state index < -0.39 is 17.6 Å². The Morgan fingerprint density at radius 2 is 1.90 bits per heavy atom. The number of hydrogen-bond donors (Lipinski definition) is 3. The van der Waals surface area contributed by atoms with Gasteiger partial charge in [-0.1, -0.05) is 12.1 Å². The molecular weight excluding hydrogens is 285 g/mol. The molecule has 0 spiro atoms. The van der Waals surface area contributed by atoms with Gasteiger partial charge in [-0.15, -0.1) is 0 Å². The summed E-state index contributed by atoms with van der Waals surface area (Å²) in [6.07, 6.45) is -3.36. The number of hydrogen-bond acceptors (Lipinski definition) is 4. The lowest BCUT2D eigenvalue weighted by atomic mass is 10.1. The van der Waals surface area contributed by atoms with Crippen molar-refractivity contribution in [3.63, 3.8) is 0 Å². The highest BCUT2D eigenvalue weighted by Crippen LogP contribution is 2.35. The Bertz CT molecular complexity index is 685. The van der Waals surface area contributed by atoms with Crippen LogP contribution in [-0.4, -0.2) is 10.9 Å². The molecule has 0 atom stereocenters. The lowest BCUT2D eigenvalue weighted by Gasteiger charge is -2.14. The van der Waals surface area contributed by atoms with E-state index in [-0.39, 0.29) is 22.8 Å². The maximum absolute atomic E-state index is 12.9. The maximum Gasteiger partial charge on any atom is 0.418 e. The third-order valence-electron chi connectivity index (χ3n) is 2.70. The number of halogens is 3. The number of carbonyl (C=O) groups is 1. The van der Waals surface area contributed by atoms with Gasteiger partial charge in [0.2, 0.25) is 0 Å². The molecule has 21 heavy (non-hydrogen) atoms. The number of amides is 1. The van der Waals surface area contributed by atoms with E-state index in [4.69, 9.17) is 11.5 Å². The number of nitrogens with two attached hydrogens (primary N) is 2. The Hall–Kier alpha value is -2.77. The maximum atomic E-state index is 12.9. The van der Waals surface area contributed by atoms with Gasteiger partial charge in [0.15, 0.2) is 0 Å². The van der Waals surface area contributed by atoms with Crippen molar-refractivity contribution in [3.8, 4) is 0 Å². The number of nitrogen functional groups attached to an aromatic ring is 1. The topological polar surface area (TPSA) is 94.0 Å². The number of aromatic nitrogens is 1. The predicted octanol–water partition coefficient (Wildman–Crippen LogP) is 2.53. The van der Waals surface area contributed by atoms with E-state index in [1.165, 1.54) is 24.3 Å². The van der Waals surface area contributed by atoms with Crippen LogP contribution in [0.3, 0.4) is 0 Å². The first kappa shape index (κ1) is 14.6. The SMILES string of the molecule is NC(=O)c1cc(Nc2ccccc2C(F)(F)F)ncc1N. The van der Waals surface area contributed by atoms with E-state index in [9.17, 15) is 18.0 Å². The Balaban J connectivity index is 2.40. The molecule has 110 valence electrons. The van der Waals surface area contributed by atoms with E-state index in [1.54, 1.807) is 0 Å². The lowest BCUT2D eigenvalue weighted by Crippen LogP contribution is -2.14. The largest absolute Gasteiger partial charge is 0.418 e. The van der Waals surface area contributed by atoms with Crippen molar-refractivity contribution in [2.45, 2.75) is 6.18 Å². The van der Waals surface area contributed by atoms with Gasteiger partial charge in [-0.2, -0.15) is 13.2 Å². The number of anilines is 3. The molecule has 0 aliphatic heterocycles. The van der Waals surface area contributed by atoms with Crippen LogP contribution in [0.25, 0.3) is 0 Å². The summed E-state index contributed by atoms with van der Waals surface area (Å²) in [6.45, 7) is 0. The van der Waals surface area contributed by atoms with Crippen LogP contribution in [0.5, 0.6) is 0 Å². The standard InChI is InChI=1S/C13H11F3N4O/c14-13(15,16)8-3-1-2-4-10(8)20-11-5-7(12(18)21)9(17)6-19-11/h1-6H,17H2,(H2,18,21)(H,19,20). The fraction of sp³-hybridized carbons (Fsp3) is 0.0769. The number of alkyl halides is 3. The first-order valence-electron chi connectivity index (χ1n) is 5.77. The molecule has 1 amide bonds. The zero-order chi connectivity index (χ0) is 15.6. The summed E-state index contributed by atoms with van der Waals surface area (Å²) in [7, 11) is 0. The first-order chi connectivity index (χ1) is 9.79. The van der Waals surface area contributed by atoms with E-state index in [1.807, 2.05) is 0 Å². The van der Waals surface area contributed by atoms with Crippen LogP contribution in [0.1, 0.15) is 15.9 Å². The quantitative estimate of drug-likeness (QED) is 0.811. The van der Waals surface area contributed by atoms with Crippen molar-refractivity contribution < 1.29 is 18.0 Å². The minimum absolute atomic E-state index is 0.0167. The highest BCUT2D eigenvalue weighted by Gasteiger charge is 2.33. The summed E-state index contributed by atoms with van der Waals surface area (Å²) in [5.74, 6) is -0.753. The van der Waals surface area contributed by atoms with Crippen molar-refractivity contribution >= 4 is 23.1 Å². The van der Waals surface area contributed by atoms with Crippen LogP contribution in [0, 0.1) is 0 Å². The van der Waals surface area contributed by atoms with E-state index in [0.717, 1.165) is 12.3 Å². The smallest absolute Gasteiger partial charge is 0.397 e. The second-order valence-corrected chi connectivity index (χ2v) is 4.19. The number of benzene rings is 1. The normalized spacial score (nSPS) is 11.2. The minimum Gasteiger partial charge on any atom is -0.397 e. The summed E-state index contributed by atoms with van der Waals surface area (Å²) >= 11 is 0. The van der Waals surface area contributed by atoms with Gasteiger partial charge in [0.05, 0.1) is 28.7 Å². The zero-order valence-electron chi connectivity index (χ0n) is 10.6. The van der Waals surface area contributed by atoms with Crippen molar-refractivity contribution in [1.82, 2.24) is 4.98 Å². The van der Waals surface area contributed by atoms with Crippen LogP contribution in [-0.2, 0) is 6.18 Å². The number of nitrogens with one attached hydrogen (secondary N) is 1. The highest BCUT2D eigenvalue weighted by molar-refractivity contribution is 5.98. The van der Waals surface area contributed by atoms with E-state index in [0.29, 0.717) is 0 Å². The van der Waals surface area contributed by atoms with E-state index >= 15 is 0 Å². The van der Waals surface area contributed by atoms with Crippen LogP contribution < -0.4 is 16.8 Å². The Kier molecular flexibility index (Phi) is 3.70. The molecule has 0 bridgehead atoms. The van der Waals surface area contributed by atoms with Crippen molar-refractivity contribution in [2.75, 3.05) is 11.1 Å². The zero-order valence-corrected chi connectivity index (χ0v) is 10.6. The Morgan fingerprint density at radius 1 is 1.24 bits per heavy atom. The van der Waals surface area contributed by atoms with Crippen molar-refractivity contribution in [3.05, 3.63) is 47.7 Å². The molecule has 2 rings (SSSR count). The highest BCUT2D eigenvalue weighted by atomic mass is 19.4. The molecule has 0 fully saturated rings. The van der Waals surface area contributed by atoms with Gasteiger partial charge < -0.3 is 16.8 Å². The van der Waals surface area contributed by atoms with Crippen LogP contribution in [0.4, 0.5) is 30.4 Å². The molecule has 0 aliphatic carbocycles. The van der Waals surface area contributed by atoms with Crippen LogP contribution >= 0.6 is 0 Å². The molecule has 0 radical (unpaired) electrons. The summed E-state index contributed by atoms with van der Waals surface area (Å²) in [5.41, 5.74) is 9.64. The van der Waals surface area contributed by atoms with Gasteiger partial charge >= 0.3 is 6.18 Å². The van der Waals surface area contributed by atoms with Gasteiger partial charge in [0.25, 0.3) is 5.91 Å². The number of rotatable bonds is 3. The molecule has 5 N–H and O–H groups in total. The molecule has 0 unspecified atom stereocenters. The molecule has 5 nitrogen and oxygen atoms in total. The molecule has 1 heterocycles. The summed E-state index contributed by atoms with van der Waals surface area (Å²) in [5, 5.41) is 2.51. The predicted molar refractivity (Wildman–Crippen MR) is 71.9 cm³/mol. The fourth-order valence-corrected chi connectivity index (χ4v) is 1.72. The molecule has 1 aromatic carbocycles. The Labute approximate surface area is 117 Å². The van der Waals surface area contributed by atoms with Crippen molar-refractivity contribution in [1.29, 1.82) is 0 Å². The molecule has 8 heteroatoms. The van der Waals surface area contributed by atoms with E-state index in [2.05, 4.69) is 10.3 Å². The fourth-order valence-electron chi connectivity index (χ4n) is 1.72. The first-order valence-corrected chi connectivity index (χ1v) is 5.77. The van der Waals surface area contributed by atoms with Crippen LogP contribution in [0.2, 0.25) is 0 Å². The van der Waals surface area contributed by atoms with Gasteiger partial charge in [0.1, 0.15) is 5.82 Å². The number of primary amides is 1. The number of carbonyl (C=O) groups excluding carboxylic acids is 1. The van der Waals surface area contributed by atoms with Crippen LogP contribution in [0.15, 0.2) is 36.5 Å². The molecule has 0 saturated heterocycles. The van der Waals surface area contributed by atoms with Crippen molar-refractivity contribution in [2.24, 2.45) is 5.73 Å². The second-order valence-electron chi connectivity index (χ2n) is 4.19. The number of pyridine rings is 1. The molecule has 2 aromatic rings. The lowest BCUT2D eigenvalue weighted by molar-refractivity contribution is -0.136. The number of para-hydroxylation sites is 1. The van der Waals surface area contributed by atoms with Gasteiger partial charge in [0, 0.05) is 0 Å². The summed E-state index contributed by atoms with van der Waals surface area (Å²) < 4.78 is 38.6. The third kappa shape index (κ3) is 3.22. The van der Waals surface area contributed by atoms with Gasteiger partial charge in [-0.25, -0.2) is 4.98 Å². The molecule has 0 aliphatic rings.